The van der Waals surface area contributed by atoms with Gasteiger partial charge in [-0.1, -0.05) is 19.1 Å². The number of hydrogen-bond acceptors (Lipinski definition) is 5. The molecule has 0 atom stereocenters. The SMILES string of the molecule is CCCNS(=O)(=O)c1ccc(-c2c(F)cc3c(=O)c(C(=O)O)cn(C4CC4)c3c2OC)cc1. The van der Waals surface area contributed by atoms with Crippen LogP contribution in [0.25, 0.3) is 22.0 Å². The highest BCUT2D eigenvalue weighted by atomic mass is 32.2. The van der Waals surface area contributed by atoms with Crippen molar-refractivity contribution in [3.8, 4) is 16.9 Å². The molecule has 1 heterocycles. The zero-order chi connectivity index (χ0) is 23.9. The van der Waals surface area contributed by atoms with E-state index in [1.165, 1.54) is 37.6 Å². The molecule has 0 amide bonds. The first-order valence-corrected chi connectivity index (χ1v) is 12.0. The molecule has 10 heteroatoms. The van der Waals surface area contributed by atoms with Crippen molar-refractivity contribution < 1.29 is 27.4 Å². The van der Waals surface area contributed by atoms with E-state index in [9.17, 15) is 23.1 Å². The quantitative estimate of drug-likeness (QED) is 0.516. The minimum atomic E-state index is -3.69. The molecule has 8 nitrogen and oxygen atoms in total. The number of sulfonamides is 1. The second kappa shape index (κ2) is 8.60. The summed E-state index contributed by atoms with van der Waals surface area (Å²) in [7, 11) is -2.34. The van der Waals surface area contributed by atoms with Gasteiger partial charge in [0, 0.05) is 18.8 Å². The van der Waals surface area contributed by atoms with Gasteiger partial charge in [-0.3, -0.25) is 4.79 Å². The van der Waals surface area contributed by atoms with E-state index in [1.54, 1.807) is 4.57 Å². The van der Waals surface area contributed by atoms with E-state index in [0.29, 0.717) is 24.0 Å². The summed E-state index contributed by atoms with van der Waals surface area (Å²) in [5.41, 5.74) is -0.489. The monoisotopic (exact) mass is 474 g/mol. The molecule has 2 N–H and O–H groups in total. The van der Waals surface area contributed by atoms with Crippen molar-refractivity contribution in [1.82, 2.24) is 9.29 Å². The van der Waals surface area contributed by atoms with Gasteiger partial charge in [-0.2, -0.15) is 0 Å². The molecule has 3 aromatic rings. The van der Waals surface area contributed by atoms with Crippen LogP contribution in [0.1, 0.15) is 42.6 Å². The fourth-order valence-electron chi connectivity index (χ4n) is 3.83. The number of nitrogens with zero attached hydrogens (tertiary/aromatic N) is 1. The van der Waals surface area contributed by atoms with Gasteiger partial charge in [-0.05, 0) is 43.0 Å². The smallest absolute Gasteiger partial charge is 0.341 e. The van der Waals surface area contributed by atoms with Gasteiger partial charge in [0.25, 0.3) is 0 Å². The number of hydrogen-bond donors (Lipinski definition) is 2. The van der Waals surface area contributed by atoms with E-state index in [4.69, 9.17) is 4.74 Å². The summed E-state index contributed by atoms with van der Waals surface area (Å²) in [5.74, 6) is -2.07. The Labute approximate surface area is 189 Å². The molecule has 174 valence electrons. The second-order valence-corrected chi connectivity index (χ2v) is 9.67. The highest BCUT2D eigenvalue weighted by molar-refractivity contribution is 7.89. The van der Waals surface area contributed by atoms with Crippen LogP contribution in [0.4, 0.5) is 4.39 Å². The van der Waals surface area contributed by atoms with Gasteiger partial charge in [0.05, 0.1) is 28.5 Å². The van der Waals surface area contributed by atoms with Crippen molar-refractivity contribution in [2.75, 3.05) is 13.7 Å². The number of fused-ring (bicyclic) bond motifs is 1. The van der Waals surface area contributed by atoms with Crippen LogP contribution in [0.15, 0.2) is 46.2 Å². The number of benzene rings is 2. The molecule has 4 rings (SSSR count). The lowest BCUT2D eigenvalue weighted by atomic mass is 10.00. The molecule has 1 aliphatic carbocycles. The average Bonchev–Trinajstić information content (AvgIpc) is 3.62. The Morgan fingerprint density at radius 2 is 1.94 bits per heavy atom. The van der Waals surface area contributed by atoms with Crippen LogP contribution in [0.3, 0.4) is 0 Å². The summed E-state index contributed by atoms with van der Waals surface area (Å²) in [6.45, 7) is 2.15. The molecule has 0 saturated heterocycles. The van der Waals surface area contributed by atoms with E-state index >= 15 is 4.39 Å². The van der Waals surface area contributed by atoms with Gasteiger partial charge in [-0.25, -0.2) is 22.3 Å². The lowest BCUT2D eigenvalue weighted by Crippen LogP contribution is -2.24. The fourth-order valence-corrected chi connectivity index (χ4v) is 4.97. The molecule has 2 aromatic carbocycles. The number of rotatable bonds is 8. The molecule has 0 bridgehead atoms. The number of pyridine rings is 1. The normalized spacial score (nSPS) is 13.9. The van der Waals surface area contributed by atoms with E-state index in [0.717, 1.165) is 18.9 Å². The van der Waals surface area contributed by atoms with Gasteiger partial charge in [0.15, 0.2) is 5.75 Å². The number of halogens is 1. The summed E-state index contributed by atoms with van der Waals surface area (Å²) in [5, 5.41) is 9.35. The summed E-state index contributed by atoms with van der Waals surface area (Å²) in [6, 6.07) is 6.69. The van der Waals surface area contributed by atoms with E-state index in [2.05, 4.69) is 4.72 Å². The number of methoxy groups -OCH3 is 1. The standard InChI is InChI=1S/C23H23FN2O6S/c1-3-10-25-33(30,31)15-8-4-13(5-9-15)19-18(24)11-16-20(22(19)32-2)26(14-6-7-14)12-17(21(16)27)23(28)29/h4-5,8-9,11-12,14,25H,3,6-7,10H2,1-2H3,(H,28,29). The van der Waals surface area contributed by atoms with E-state index in [-0.39, 0.29) is 27.6 Å². The average molecular weight is 475 g/mol. The highest BCUT2D eigenvalue weighted by Gasteiger charge is 2.30. The van der Waals surface area contributed by atoms with Crippen molar-refractivity contribution >= 4 is 26.9 Å². The molecule has 0 aliphatic heterocycles. The van der Waals surface area contributed by atoms with Crippen molar-refractivity contribution in [2.24, 2.45) is 0 Å². The maximum atomic E-state index is 15.3. The minimum Gasteiger partial charge on any atom is -0.494 e. The molecule has 0 spiro atoms. The van der Waals surface area contributed by atoms with Gasteiger partial charge in [-0.15, -0.1) is 0 Å². The largest absolute Gasteiger partial charge is 0.494 e. The molecular formula is C23H23FN2O6S. The van der Waals surface area contributed by atoms with Crippen LogP contribution < -0.4 is 14.9 Å². The summed E-state index contributed by atoms with van der Waals surface area (Å²) in [4.78, 5) is 24.4. The third kappa shape index (κ3) is 4.11. The van der Waals surface area contributed by atoms with Gasteiger partial charge >= 0.3 is 5.97 Å². The predicted molar refractivity (Wildman–Crippen MR) is 121 cm³/mol. The summed E-state index contributed by atoms with van der Waals surface area (Å²) < 4.78 is 49.7. The third-order valence-corrected chi connectivity index (χ3v) is 7.07. The zero-order valence-corrected chi connectivity index (χ0v) is 18.9. The van der Waals surface area contributed by atoms with Crippen molar-refractivity contribution in [1.29, 1.82) is 0 Å². The Balaban J connectivity index is 1.93. The first-order chi connectivity index (χ1) is 15.7. The zero-order valence-electron chi connectivity index (χ0n) is 18.1. The van der Waals surface area contributed by atoms with Crippen molar-refractivity contribution in [3.05, 3.63) is 58.1 Å². The molecule has 0 radical (unpaired) electrons. The Morgan fingerprint density at radius 3 is 2.48 bits per heavy atom. The predicted octanol–water partition coefficient (Wildman–Crippen LogP) is 3.54. The molecule has 0 unspecified atom stereocenters. The van der Waals surface area contributed by atoms with Crippen LogP contribution >= 0.6 is 0 Å². The lowest BCUT2D eigenvalue weighted by Gasteiger charge is -2.18. The van der Waals surface area contributed by atoms with Crippen LogP contribution in [0.2, 0.25) is 0 Å². The summed E-state index contributed by atoms with van der Waals surface area (Å²) in [6.07, 6.45) is 3.52. The third-order valence-electron chi connectivity index (χ3n) is 5.59. The van der Waals surface area contributed by atoms with Crippen LogP contribution in [0.5, 0.6) is 5.75 Å². The first kappa shape index (κ1) is 22.9. The van der Waals surface area contributed by atoms with Crippen molar-refractivity contribution in [3.63, 3.8) is 0 Å². The minimum absolute atomic E-state index is 0.0180. The Morgan fingerprint density at radius 1 is 1.27 bits per heavy atom. The topological polar surface area (TPSA) is 115 Å². The highest BCUT2D eigenvalue weighted by Crippen LogP contribution is 2.43. The molecule has 33 heavy (non-hydrogen) atoms. The molecule has 1 saturated carbocycles. The Bertz CT molecular complexity index is 1410. The van der Waals surface area contributed by atoms with E-state index < -0.39 is 32.8 Å². The van der Waals surface area contributed by atoms with Gasteiger partial charge in [0.1, 0.15) is 11.4 Å². The number of carboxylic acid groups (broad SMARTS) is 1. The van der Waals surface area contributed by atoms with E-state index in [1.807, 2.05) is 6.92 Å². The molecule has 1 aliphatic rings. The van der Waals surface area contributed by atoms with Gasteiger partial charge in [0.2, 0.25) is 15.5 Å². The van der Waals surface area contributed by atoms with Crippen LogP contribution in [0, 0.1) is 5.82 Å². The number of carboxylic acids is 1. The van der Waals surface area contributed by atoms with Crippen molar-refractivity contribution in [2.45, 2.75) is 37.1 Å². The molecule has 1 fully saturated rings. The first-order valence-electron chi connectivity index (χ1n) is 10.5. The lowest BCUT2D eigenvalue weighted by molar-refractivity contribution is 0.0694. The second-order valence-electron chi connectivity index (χ2n) is 7.90. The van der Waals surface area contributed by atoms with Gasteiger partial charge < -0.3 is 14.4 Å². The fraction of sp³-hybridized carbons (Fsp3) is 0.304. The number of carbonyl (C=O) groups is 1. The summed E-state index contributed by atoms with van der Waals surface area (Å²) >= 11 is 0. The van der Waals surface area contributed by atoms with Crippen LogP contribution in [-0.2, 0) is 10.0 Å². The number of aromatic nitrogens is 1. The number of ether oxygens (including phenoxy) is 1. The maximum absolute atomic E-state index is 15.3. The number of nitrogens with one attached hydrogen (secondary N) is 1. The Hall–Kier alpha value is -3.24. The Kier molecular flexibility index (Phi) is 5.98. The molecule has 1 aromatic heterocycles. The maximum Gasteiger partial charge on any atom is 0.341 e. The van der Waals surface area contributed by atoms with Crippen LogP contribution in [-0.4, -0.2) is 37.7 Å². The number of aromatic carboxylic acids is 1. The molecular weight excluding hydrogens is 451 g/mol.